The van der Waals surface area contributed by atoms with Crippen molar-refractivity contribution in [1.82, 2.24) is 24.3 Å². The molecule has 0 amide bonds. The van der Waals surface area contributed by atoms with Crippen molar-refractivity contribution in [3.63, 3.8) is 0 Å². The Morgan fingerprint density at radius 1 is 1.21 bits per heavy atom. The van der Waals surface area contributed by atoms with E-state index in [0.29, 0.717) is 0 Å². The van der Waals surface area contributed by atoms with Crippen LogP contribution in [-0.2, 0) is 20.5 Å². The highest BCUT2D eigenvalue weighted by atomic mass is 15.3. The molecular weight excluding hydrogens is 178 g/mol. The fraction of sp³-hybridized carbons (Fsp3) is 0.444. The molecule has 5 nitrogen and oxygen atoms in total. The Bertz CT molecular complexity index is 440. The van der Waals surface area contributed by atoms with Gasteiger partial charge < -0.3 is 9.13 Å². The Balaban J connectivity index is 2.52. The maximum absolute atomic E-state index is 4.23. The van der Waals surface area contributed by atoms with Gasteiger partial charge in [-0.1, -0.05) is 6.92 Å². The van der Waals surface area contributed by atoms with Crippen LogP contribution in [0.2, 0.25) is 0 Å². The monoisotopic (exact) mass is 191 g/mol. The Morgan fingerprint density at radius 2 is 2.00 bits per heavy atom. The average molecular weight is 191 g/mol. The highest BCUT2D eigenvalue weighted by molar-refractivity contribution is 5.44. The highest BCUT2D eigenvalue weighted by Crippen LogP contribution is 2.13. The summed E-state index contributed by atoms with van der Waals surface area (Å²) in [7, 11) is 3.91. The van der Waals surface area contributed by atoms with E-state index in [-0.39, 0.29) is 0 Å². The second-order valence-electron chi connectivity index (χ2n) is 3.21. The molecule has 74 valence electrons. The molecule has 0 fully saturated rings. The lowest BCUT2D eigenvalue weighted by Gasteiger charge is -2.01. The zero-order valence-corrected chi connectivity index (χ0v) is 8.60. The first-order valence-electron chi connectivity index (χ1n) is 4.60. The molecule has 0 aliphatic rings. The Kier molecular flexibility index (Phi) is 2.07. The van der Waals surface area contributed by atoms with Crippen molar-refractivity contribution in [3.8, 4) is 11.6 Å². The number of imidazole rings is 1. The molecule has 0 radical (unpaired) electrons. The van der Waals surface area contributed by atoms with Crippen LogP contribution in [0.25, 0.3) is 11.6 Å². The van der Waals surface area contributed by atoms with Crippen LogP contribution in [0.5, 0.6) is 0 Å². The summed E-state index contributed by atoms with van der Waals surface area (Å²) in [6, 6.07) is 0. The van der Waals surface area contributed by atoms with E-state index in [1.165, 1.54) is 0 Å². The minimum atomic E-state index is 0.814. The van der Waals surface area contributed by atoms with Gasteiger partial charge in [0.05, 0.1) is 0 Å². The van der Waals surface area contributed by atoms with E-state index < -0.39 is 0 Å². The number of hydrogen-bond donors (Lipinski definition) is 0. The van der Waals surface area contributed by atoms with Gasteiger partial charge in [-0.15, -0.1) is 10.2 Å². The zero-order valence-electron chi connectivity index (χ0n) is 8.60. The van der Waals surface area contributed by atoms with E-state index in [9.17, 15) is 0 Å². The second-order valence-corrected chi connectivity index (χ2v) is 3.21. The van der Waals surface area contributed by atoms with Gasteiger partial charge in [-0.3, -0.25) is 0 Å². The van der Waals surface area contributed by atoms with Crippen LogP contribution in [0.15, 0.2) is 12.4 Å². The lowest BCUT2D eigenvalue weighted by atomic mass is 10.4. The first kappa shape index (κ1) is 8.93. The van der Waals surface area contributed by atoms with Gasteiger partial charge in [0.25, 0.3) is 0 Å². The minimum absolute atomic E-state index is 0.814. The molecule has 0 aromatic carbocycles. The van der Waals surface area contributed by atoms with Crippen LogP contribution in [0, 0.1) is 0 Å². The fourth-order valence-corrected chi connectivity index (χ4v) is 1.45. The fourth-order valence-electron chi connectivity index (χ4n) is 1.45. The van der Waals surface area contributed by atoms with E-state index in [2.05, 4.69) is 22.1 Å². The van der Waals surface area contributed by atoms with Crippen molar-refractivity contribution in [2.24, 2.45) is 14.1 Å². The predicted molar refractivity (Wildman–Crippen MR) is 52.6 cm³/mol. The molecule has 0 bridgehead atoms. The van der Waals surface area contributed by atoms with Gasteiger partial charge in [0, 0.05) is 32.9 Å². The van der Waals surface area contributed by atoms with Crippen LogP contribution in [-0.4, -0.2) is 24.3 Å². The minimum Gasteiger partial charge on any atom is -0.331 e. The molecular formula is C9H13N5. The third-order valence-corrected chi connectivity index (χ3v) is 2.30. The third kappa shape index (κ3) is 1.21. The van der Waals surface area contributed by atoms with Gasteiger partial charge in [-0.05, 0) is 0 Å². The van der Waals surface area contributed by atoms with Gasteiger partial charge in [-0.25, -0.2) is 4.98 Å². The maximum atomic E-state index is 4.23. The molecule has 0 aliphatic carbocycles. The van der Waals surface area contributed by atoms with Crippen molar-refractivity contribution >= 4 is 0 Å². The van der Waals surface area contributed by atoms with Gasteiger partial charge >= 0.3 is 0 Å². The lowest BCUT2D eigenvalue weighted by Crippen LogP contribution is -2.01. The average Bonchev–Trinajstić information content (AvgIpc) is 2.72. The van der Waals surface area contributed by atoms with Gasteiger partial charge in [0.15, 0.2) is 11.6 Å². The molecule has 14 heavy (non-hydrogen) atoms. The molecule has 2 aromatic rings. The normalized spacial score (nSPS) is 10.8. The standard InChI is InChI=1S/C9H13N5/c1-4-7-11-12-9(14(7)3)8-10-5-6-13(8)2/h5-6H,4H2,1-3H3. The Hall–Kier alpha value is -1.65. The van der Waals surface area contributed by atoms with Gasteiger partial charge in [0.1, 0.15) is 5.82 Å². The van der Waals surface area contributed by atoms with Crippen molar-refractivity contribution < 1.29 is 0 Å². The Morgan fingerprint density at radius 3 is 2.50 bits per heavy atom. The summed E-state index contributed by atoms with van der Waals surface area (Å²) >= 11 is 0. The third-order valence-electron chi connectivity index (χ3n) is 2.30. The summed E-state index contributed by atoms with van der Waals surface area (Å²) in [5, 5.41) is 8.21. The first-order chi connectivity index (χ1) is 6.74. The Labute approximate surface area is 82.4 Å². The maximum Gasteiger partial charge on any atom is 0.199 e. The van der Waals surface area contributed by atoms with Crippen LogP contribution in [0.4, 0.5) is 0 Å². The summed E-state index contributed by atoms with van der Waals surface area (Å²) in [5.41, 5.74) is 0. The lowest BCUT2D eigenvalue weighted by molar-refractivity contribution is 0.799. The summed E-state index contributed by atoms with van der Waals surface area (Å²) in [6.45, 7) is 2.06. The van der Waals surface area contributed by atoms with Crippen LogP contribution in [0.1, 0.15) is 12.7 Å². The molecule has 2 aromatic heterocycles. The number of hydrogen-bond acceptors (Lipinski definition) is 3. The highest BCUT2D eigenvalue weighted by Gasteiger charge is 2.12. The molecule has 0 unspecified atom stereocenters. The number of aryl methyl sites for hydroxylation is 2. The summed E-state index contributed by atoms with van der Waals surface area (Å²) in [5.74, 6) is 2.64. The summed E-state index contributed by atoms with van der Waals surface area (Å²) in [4.78, 5) is 4.23. The molecule has 0 N–H and O–H groups in total. The van der Waals surface area contributed by atoms with E-state index >= 15 is 0 Å². The first-order valence-corrected chi connectivity index (χ1v) is 4.60. The molecule has 0 spiro atoms. The quantitative estimate of drug-likeness (QED) is 0.704. The van der Waals surface area contributed by atoms with E-state index in [1.54, 1.807) is 6.20 Å². The number of rotatable bonds is 2. The van der Waals surface area contributed by atoms with E-state index in [1.807, 2.05) is 29.4 Å². The van der Waals surface area contributed by atoms with E-state index in [0.717, 1.165) is 23.9 Å². The van der Waals surface area contributed by atoms with Crippen molar-refractivity contribution in [2.75, 3.05) is 0 Å². The van der Waals surface area contributed by atoms with Crippen molar-refractivity contribution in [1.29, 1.82) is 0 Å². The zero-order chi connectivity index (χ0) is 10.1. The van der Waals surface area contributed by atoms with Gasteiger partial charge in [-0.2, -0.15) is 0 Å². The van der Waals surface area contributed by atoms with Crippen molar-refractivity contribution in [2.45, 2.75) is 13.3 Å². The molecule has 2 rings (SSSR count). The predicted octanol–water partition coefficient (Wildman–Crippen LogP) is 0.778. The van der Waals surface area contributed by atoms with Crippen LogP contribution >= 0.6 is 0 Å². The molecule has 0 aliphatic heterocycles. The topological polar surface area (TPSA) is 48.5 Å². The number of aromatic nitrogens is 5. The SMILES string of the molecule is CCc1nnc(-c2nccn2C)n1C. The molecule has 5 heteroatoms. The second kappa shape index (κ2) is 3.25. The van der Waals surface area contributed by atoms with Crippen LogP contribution < -0.4 is 0 Å². The molecule has 0 saturated heterocycles. The largest absolute Gasteiger partial charge is 0.331 e. The molecule has 2 heterocycles. The van der Waals surface area contributed by atoms with E-state index in [4.69, 9.17) is 0 Å². The smallest absolute Gasteiger partial charge is 0.199 e. The molecule has 0 atom stereocenters. The van der Waals surface area contributed by atoms with Crippen LogP contribution in [0.3, 0.4) is 0 Å². The van der Waals surface area contributed by atoms with Crippen molar-refractivity contribution in [3.05, 3.63) is 18.2 Å². The summed E-state index contributed by atoms with van der Waals surface area (Å²) < 4.78 is 3.91. The number of nitrogens with zero attached hydrogens (tertiary/aromatic N) is 5. The summed E-state index contributed by atoms with van der Waals surface area (Å²) in [6.07, 6.45) is 4.54. The van der Waals surface area contributed by atoms with Gasteiger partial charge in [0.2, 0.25) is 0 Å². The molecule has 0 saturated carbocycles.